The Kier molecular flexibility index (Phi) is 48.7. The first kappa shape index (κ1) is 108. The number of benzene rings is 4. The summed E-state index contributed by atoms with van der Waals surface area (Å²) in [5.74, 6) is 0. The van der Waals surface area contributed by atoms with Crippen LogP contribution in [-0.4, -0.2) is 94.5 Å². The zero-order valence-electron chi connectivity index (χ0n) is 83.0. The van der Waals surface area contributed by atoms with Gasteiger partial charge in [-0.25, -0.2) is 0 Å². The molecule has 660 valence electrons. The summed E-state index contributed by atoms with van der Waals surface area (Å²) in [6.07, 6.45) is 26.5. The first-order valence-electron chi connectivity index (χ1n) is 48.9. The Balaban J connectivity index is 0.000000381. The van der Waals surface area contributed by atoms with Gasteiger partial charge in [0.1, 0.15) is 56.5 Å². The molecule has 0 atom stereocenters. The van der Waals surface area contributed by atoms with Crippen LogP contribution in [0.5, 0.6) is 0 Å². The fourth-order valence-electron chi connectivity index (χ4n) is 20.1. The summed E-state index contributed by atoms with van der Waals surface area (Å²) in [7, 11) is -13.8. The van der Waals surface area contributed by atoms with Gasteiger partial charge in [0.15, 0.2) is 8.07 Å². The van der Waals surface area contributed by atoms with Gasteiger partial charge in [-0.05, 0) is 101 Å². The van der Waals surface area contributed by atoms with Gasteiger partial charge in [0.05, 0.1) is 0 Å². The largest absolute Gasteiger partial charge is 0.266 e. The van der Waals surface area contributed by atoms with Crippen LogP contribution in [0.15, 0.2) is 183 Å². The number of fused-ring (bicyclic) bond motifs is 10. The smallest absolute Gasteiger partial charge is 0.163 e. The average Bonchev–Trinajstić information content (AvgIpc) is 0.704. The molecule has 0 aliphatic carbocycles. The van der Waals surface area contributed by atoms with Crippen molar-refractivity contribution in [1.29, 1.82) is 0 Å². The van der Waals surface area contributed by atoms with E-state index in [4.69, 9.17) is 19.9 Å². The Hall–Kier alpha value is -5.96. The third-order valence-corrected chi connectivity index (χ3v) is 70.1. The van der Waals surface area contributed by atoms with E-state index in [1.807, 2.05) is 37.2 Å². The van der Waals surface area contributed by atoms with Crippen LogP contribution in [0, 0.1) is 0 Å². The average molecular weight is 1760 g/mol. The number of hydrogen-bond donors (Lipinski definition) is 0. The minimum Gasteiger partial charge on any atom is -0.266 e. The molecule has 0 amide bonds. The van der Waals surface area contributed by atoms with Crippen molar-refractivity contribution in [2.75, 3.05) is 0 Å². The summed E-state index contributed by atoms with van der Waals surface area (Å²) in [6.45, 7) is 72.2. The second-order valence-corrected chi connectivity index (χ2v) is 70.9. The van der Waals surface area contributed by atoms with Crippen molar-refractivity contribution in [2.45, 2.75) is 370 Å². The van der Waals surface area contributed by atoms with Crippen LogP contribution in [0.3, 0.4) is 0 Å². The molecule has 120 heavy (non-hydrogen) atoms. The van der Waals surface area contributed by atoms with Crippen molar-refractivity contribution in [3.05, 3.63) is 183 Å². The highest BCUT2D eigenvalue weighted by atomic mass is 28.3. The molecule has 0 radical (unpaired) electrons. The summed E-state index contributed by atoms with van der Waals surface area (Å²) in [6, 6.07) is 71.4. The number of pyridine rings is 6. The van der Waals surface area contributed by atoms with E-state index in [0.29, 0.717) is 0 Å². The van der Waals surface area contributed by atoms with Crippen LogP contribution >= 0.6 is 0 Å². The normalized spacial score (nSPS) is 15.0. The van der Waals surface area contributed by atoms with Crippen molar-refractivity contribution in [2.24, 2.45) is 0 Å². The molecule has 10 heterocycles. The van der Waals surface area contributed by atoms with Gasteiger partial charge in [-0.2, -0.15) is 0 Å². The standard InChI is InChI=1S/C28H32Si2.3C18H26N2Si2.8C3H8/c1-5-29(6-2)25-17-21-13-9-11-15-23(21)19-27(25)30(7-3,8-4)28-20-24-16-12-10-14-22(24)18-26(28)29;1-5-21(6-2)15-9-11-19-13-17(15)22(7-3,8-4)18-14-20-12-10-16(18)21;1-5-21(6-2)15-11-9-14-20-18(15)22(7-3,8-4)16-12-10-13-19-17(16)21;1-5-21(6-2)15-11-9-13-19-17(15)22(7-3,8-4)18-16(21)12-10-14-20-18;8*1-3-2/h9-20H,5-8H2,1-4H3;3*9-14H,5-8H2,1-4H3;8*3H2,1-2H3. The summed E-state index contributed by atoms with van der Waals surface area (Å²) in [5, 5.41) is 31.7. The highest BCUT2D eigenvalue weighted by Gasteiger charge is 2.55. The second kappa shape index (κ2) is 54.0. The molecular weight excluding hydrogens is 1580 g/mol. The van der Waals surface area contributed by atoms with Crippen molar-refractivity contribution >= 4 is 170 Å². The zero-order chi connectivity index (χ0) is 90.0. The SMILES string of the molecule is CCC.CCC.CCC.CCC.CCC.CCC.CCC.CCC.CC[Si]1(CC)c2cc3ccccc3cc2[Si](CC)(CC)c2cc3ccccc3cc21.CC[Si]1(CC)c2cccnc2[Si](CC)(CC)c2cccnc21.CC[Si]1(CC)c2cccnc2[Si](CC)(CC)c2ncccc21.CC[Si]1(CC)c2ccncc2[Si](CC)(CC)c2cnccc21. The predicted octanol–water partition coefficient (Wildman–Crippen LogP) is 22.8. The number of nitrogens with zero attached hydrogens (tertiary/aromatic N) is 6. The maximum Gasteiger partial charge on any atom is 0.163 e. The van der Waals surface area contributed by atoms with Crippen LogP contribution in [0.4, 0.5) is 0 Å². The maximum atomic E-state index is 4.97. The van der Waals surface area contributed by atoms with Crippen LogP contribution in [0.1, 0.15) is 273 Å². The van der Waals surface area contributed by atoms with Gasteiger partial charge in [0.25, 0.3) is 0 Å². The first-order valence-corrected chi connectivity index (χ1v) is 68.2. The van der Waals surface area contributed by atoms with Gasteiger partial charge < -0.3 is 0 Å². The van der Waals surface area contributed by atoms with E-state index < -0.39 is 64.6 Å². The maximum absolute atomic E-state index is 4.97. The molecule has 0 unspecified atom stereocenters. The zero-order valence-corrected chi connectivity index (χ0v) is 91.0. The van der Waals surface area contributed by atoms with Gasteiger partial charge in [-0.1, -0.05) is 486 Å². The highest BCUT2D eigenvalue weighted by molar-refractivity contribution is 7.20. The number of aromatic nitrogens is 6. The monoisotopic (exact) mass is 1760 g/mol. The summed E-state index contributed by atoms with van der Waals surface area (Å²) >= 11 is 0. The van der Waals surface area contributed by atoms with E-state index in [1.54, 1.807) is 62.2 Å². The number of hydrogen-bond acceptors (Lipinski definition) is 6. The van der Waals surface area contributed by atoms with Crippen LogP contribution in [-0.2, 0) is 0 Å². The van der Waals surface area contributed by atoms with E-state index in [1.165, 1.54) is 191 Å². The van der Waals surface area contributed by atoms with Gasteiger partial charge in [-0.3, -0.25) is 29.9 Å². The van der Waals surface area contributed by atoms with E-state index in [2.05, 4.69) is 377 Å². The molecule has 0 N–H and O–H groups in total. The minimum absolute atomic E-state index is 1.20. The van der Waals surface area contributed by atoms with Gasteiger partial charge in [-0.15, -0.1) is 0 Å². The van der Waals surface area contributed by atoms with Crippen LogP contribution in [0.25, 0.3) is 21.5 Å². The molecule has 14 rings (SSSR count). The minimum atomic E-state index is -1.79. The Morgan fingerprint density at radius 1 is 0.167 bits per heavy atom. The predicted molar refractivity (Wildman–Crippen MR) is 569 cm³/mol. The Bertz CT molecular complexity index is 3700. The summed E-state index contributed by atoms with van der Waals surface area (Å²) < 4.78 is 0. The molecule has 14 heteroatoms. The quantitative estimate of drug-likeness (QED) is 0.0897. The molecule has 0 spiro atoms. The molecule has 10 aromatic rings. The molecule has 4 aliphatic heterocycles. The number of rotatable bonds is 16. The molecule has 0 saturated heterocycles. The van der Waals surface area contributed by atoms with E-state index >= 15 is 0 Å². The summed E-state index contributed by atoms with van der Waals surface area (Å²) in [4.78, 5) is 28.9. The molecule has 6 nitrogen and oxygen atoms in total. The molecule has 6 aromatic heterocycles. The Labute approximate surface area is 746 Å². The van der Waals surface area contributed by atoms with E-state index in [9.17, 15) is 0 Å². The van der Waals surface area contributed by atoms with Crippen LogP contribution < -0.4 is 83.5 Å². The van der Waals surface area contributed by atoms with Gasteiger partial charge in [0, 0.05) is 70.8 Å². The Morgan fingerprint density at radius 2 is 0.342 bits per heavy atom. The third kappa shape index (κ3) is 22.1. The summed E-state index contributed by atoms with van der Waals surface area (Å²) in [5.41, 5.74) is 0. The van der Waals surface area contributed by atoms with Gasteiger partial charge in [0.2, 0.25) is 0 Å². The fourth-order valence-corrected chi connectivity index (χ4v) is 64.9. The lowest BCUT2D eigenvalue weighted by Gasteiger charge is -2.47. The lowest BCUT2D eigenvalue weighted by molar-refractivity contribution is 1.09. The first-order chi connectivity index (χ1) is 58.0. The molecule has 0 fully saturated rings. The fraction of sp³-hybridized carbons (Fsp3) is 0.528. The molecule has 4 aromatic carbocycles. The lowest BCUT2D eigenvalue weighted by atomic mass is 10.1. The topological polar surface area (TPSA) is 77.3 Å². The Morgan fingerprint density at radius 3 is 0.550 bits per heavy atom. The second-order valence-electron chi connectivity index (χ2n) is 33.9. The van der Waals surface area contributed by atoms with Crippen molar-refractivity contribution in [1.82, 2.24) is 29.9 Å². The van der Waals surface area contributed by atoms with E-state index in [-0.39, 0.29) is 0 Å². The van der Waals surface area contributed by atoms with Crippen molar-refractivity contribution in [3.8, 4) is 0 Å². The highest BCUT2D eigenvalue weighted by Crippen LogP contribution is 2.32. The molecule has 4 aliphatic rings. The third-order valence-electron chi connectivity index (χ3n) is 26.3. The molecule has 0 saturated carbocycles. The van der Waals surface area contributed by atoms with Crippen LogP contribution in [0.2, 0.25) is 96.7 Å². The lowest BCUT2D eigenvalue weighted by Crippen LogP contribution is -2.82. The van der Waals surface area contributed by atoms with Crippen molar-refractivity contribution in [3.63, 3.8) is 0 Å². The van der Waals surface area contributed by atoms with Gasteiger partial charge >= 0.3 is 0 Å². The van der Waals surface area contributed by atoms with Crippen molar-refractivity contribution < 1.29 is 0 Å². The van der Waals surface area contributed by atoms with E-state index in [0.717, 1.165) is 0 Å². The molecular formula is C106H174N6Si8. The molecule has 0 bridgehead atoms.